The number of aryl methyl sites for hydroxylation is 1. The number of halogens is 1. The van der Waals surface area contributed by atoms with Gasteiger partial charge in [0.2, 0.25) is 0 Å². The third kappa shape index (κ3) is 4.62. The molecule has 0 saturated carbocycles. The number of nitrogens with one attached hydrogen (secondary N) is 2. The van der Waals surface area contributed by atoms with E-state index in [4.69, 9.17) is 11.6 Å². The van der Waals surface area contributed by atoms with Gasteiger partial charge in [0.25, 0.3) is 5.91 Å². The molecule has 0 aliphatic carbocycles. The van der Waals surface area contributed by atoms with Crippen LogP contribution in [-0.4, -0.2) is 66.7 Å². The van der Waals surface area contributed by atoms with Gasteiger partial charge in [-0.15, -0.1) is 0 Å². The summed E-state index contributed by atoms with van der Waals surface area (Å²) in [4.78, 5) is 33.3. The minimum Gasteiger partial charge on any atom is -0.388 e. The maximum atomic E-state index is 13.4. The van der Waals surface area contributed by atoms with Crippen LogP contribution in [0.25, 0.3) is 11.6 Å². The summed E-state index contributed by atoms with van der Waals surface area (Å²) < 4.78 is 0. The molecule has 6 nitrogen and oxygen atoms in total. The van der Waals surface area contributed by atoms with Crippen LogP contribution in [-0.2, 0) is 11.2 Å². The molecule has 32 heavy (non-hydrogen) atoms. The summed E-state index contributed by atoms with van der Waals surface area (Å²) >= 11 is 6.19. The summed E-state index contributed by atoms with van der Waals surface area (Å²) in [7, 11) is 1.81. The lowest BCUT2D eigenvalue weighted by Crippen LogP contribution is -2.38. The number of anilines is 1. The molecule has 1 saturated heterocycles. The van der Waals surface area contributed by atoms with Crippen LogP contribution in [0.3, 0.4) is 0 Å². The van der Waals surface area contributed by atoms with Gasteiger partial charge in [0.1, 0.15) is 0 Å². The second-order valence-electron chi connectivity index (χ2n) is 8.62. The number of hydrogen-bond donors (Lipinski definition) is 2. The first-order valence-corrected chi connectivity index (χ1v) is 11.8. The summed E-state index contributed by atoms with van der Waals surface area (Å²) in [5.41, 5.74) is 5.49. The molecule has 0 bridgehead atoms. The molecule has 1 aromatic carbocycles. The maximum Gasteiger partial charge on any atom is 0.256 e. The van der Waals surface area contributed by atoms with Crippen molar-refractivity contribution in [3.63, 3.8) is 0 Å². The van der Waals surface area contributed by atoms with E-state index in [0.29, 0.717) is 10.6 Å². The number of likely N-dealkylation sites (tertiary alicyclic amines) is 1. The fourth-order valence-corrected chi connectivity index (χ4v) is 4.97. The summed E-state index contributed by atoms with van der Waals surface area (Å²) in [6.45, 7) is 6.72. The molecule has 170 valence electrons. The average Bonchev–Trinajstić information content (AvgIpc) is 3.38. The van der Waals surface area contributed by atoms with Crippen molar-refractivity contribution in [1.82, 2.24) is 14.8 Å². The van der Waals surface area contributed by atoms with Crippen molar-refractivity contribution in [2.24, 2.45) is 0 Å². The zero-order valence-electron chi connectivity index (χ0n) is 18.8. The molecule has 2 aliphatic heterocycles. The average molecular weight is 455 g/mol. The molecule has 1 amide bonds. The third-order valence-electron chi connectivity index (χ3n) is 6.60. The number of benzene rings is 1. The van der Waals surface area contributed by atoms with Crippen molar-refractivity contribution in [2.45, 2.75) is 32.6 Å². The van der Waals surface area contributed by atoms with Crippen molar-refractivity contribution in [3.8, 4) is 0 Å². The lowest BCUT2D eigenvalue weighted by Gasteiger charge is -2.24. The van der Waals surface area contributed by atoms with E-state index in [1.165, 1.54) is 12.8 Å². The second kappa shape index (κ2) is 9.92. The maximum absolute atomic E-state index is 13.4. The number of aromatic amines is 1. The van der Waals surface area contributed by atoms with E-state index in [1.54, 1.807) is 12.1 Å². The number of carbonyl (C=O) groups is 2. The highest BCUT2D eigenvalue weighted by Crippen LogP contribution is 2.30. The van der Waals surface area contributed by atoms with Gasteiger partial charge in [-0.1, -0.05) is 11.6 Å². The molecule has 1 aromatic heterocycles. The Bertz CT molecular complexity index is 1040. The Labute approximate surface area is 194 Å². The Morgan fingerprint density at radius 1 is 1.19 bits per heavy atom. The van der Waals surface area contributed by atoms with Crippen molar-refractivity contribution in [2.75, 3.05) is 45.1 Å². The highest BCUT2D eigenvalue weighted by atomic mass is 35.5. The van der Waals surface area contributed by atoms with Crippen molar-refractivity contribution < 1.29 is 9.59 Å². The van der Waals surface area contributed by atoms with E-state index in [-0.39, 0.29) is 5.91 Å². The van der Waals surface area contributed by atoms with Crippen LogP contribution in [0.1, 0.15) is 52.1 Å². The lowest BCUT2D eigenvalue weighted by atomic mass is 10.0. The normalized spacial score (nSPS) is 17.4. The summed E-state index contributed by atoms with van der Waals surface area (Å²) in [5, 5.41) is 3.68. The molecule has 1 fully saturated rings. The Morgan fingerprint density at radius 3 is 2.69 bits per heavy atom. The van der Waals surface area contributed by atoms with E-state index in [0.717, 1.165) is 85.6 Å². The van der Waals surface area contributed by atoms with Crippen LogP contribution in [0, 0.1) is 6.92 Å². The topological polar surface area (TPSA) is 68.4 Å². The highest BCUT2D eigenvalue weighted by molar-refractivity contribution is 6.31. The summed E-state index contributed by atoms with van der Waals surface area (Å²) in [6.07, 6.45) is 6.93. The first kappa shape index (κ1) is 22.6. The van der Waals surface area contributed by atoms with Gasteiger partial charge in [-0.2, -0.15) is 0 Å². The molecular weight excluding hydrogens is 424 g/mol. The SMILES string of the molecule is CNc1ccc(Cl)cc1/C(C=O)=C/c1[nH]c2c(c1C)C(=O)N(CCN1CCCC1)CCC2. The lowest BCUT2D eigenvalue weighted by molar-refractivity contribution is -0.103. The number of fused-ring (bicyclic) bond motifs is 1. The predicted octanol–water partition coefficient (Wildman–Crippen LogP) is 4.24. The van der Waals surface area contributed by atoms with E-state index < -0.39 is 0 Å². The minimum absolute atomic E-state index is 0.0939. The van der Waals surface area contributed by atoms with Crippen LogP contribution in [0.4, 0.5) is 5.69 Å². The number of rotatable bonds is 7. The summed E-state index contributed by atoms with van der Waals surface area (Å²) in [6, 6.07) is 5.42. The molecule has 0 radical (unpaired) electrons. The zero-order chi connectivity index (χ0) is 22.7. The van der Waals surface area contributed by atoms with E-state index in [1.807, 2.05) is 31.0 Å². The van der Waals surface area contributed by atoms with E-state index >= 15 is 0 Å². The molecule has 0 atom stereocenters. The number of aldehydes is 1. The standard InChI is InChI=1S/C25H31ClN4O2/c1-17-23(14-18(16-31)20-15-19(26)7-8-21(20)27-2)28-22-6-5-11-30(25(32)24(17)22)13-12-29-9-3-4-10-29/h7-8,14-16,27-28H,3-6,9-13H2,1-2H3/b18-14+. The number of hydrogen-bond acceptors (Lipinski definition) is 4. The molecule has 0 unspecified atom stereocenters. The number of allylic oxidation sites excluding steroid dienone is 1. The molecule has 7 heteroatoms. The van der Waals surface area contributed by atoms with E-state index in [9.17, 15) is 9.59 Å². The number of carbonyl (C=O) groups excluding carboxylic acids is 2. The van der Waals surface area contributed by atoms with Crippen molar-refractivity contribution in [3.05, 3.63) is 51.3 Å². The molecule has 3 heterocycles. The number of aromatic nitrogens is 1. The summed E-state index contributed by atoms with van der Waals surface area (Å²) in [5.74, 6) is 0.0939. The Balaban J connectivity index is 1.63. The molecule has 4 rings (SSSR count). The predicted molar refractivity (Wildman–Crippen MR) is 130 cm³/mol. The first-order valence-electron chi connectivity index (χ1n) is 11.4. The Morgan fingerprint density at radius 2 is 1.97 bits per heavy atom. The van der Waals surface area contributed by atoms with Crippen molar-refractivity contribution in [1.29, 1.82) is 0 Å². The monoisotopic (exact) mass is 454 g/mol. The number of amides is 1. The van der Waals surface area contributed by atoms with Gasteiger partial charge >= 0.3 is 0 Å². The first-order chi connectivity index (χ1) is 15.5. The van der Waals surface area contributed by atoms with E-state index in [2.05, 4.69) is 15.2 Å². The van der Waals surface area contributed by atoms with Crippen LogP contribution in [0.15, 0.2) is 18.2 Å². The minimum atomic E-state index is 0.0939. The van der Waals surface area contributed by atoms with Gasteiger partial charge in [-0.05, 0) is 75.5 Å². The third-order valence-corrected chi connectivity index (χ3v) is 6.83. The Kier molecular flexibility index (Phi) is 7.01. The van der Waals surface area contributed by atoms with Gasteiger partial charge in [-0.3, -0.25) is 9.59 Å². The molecule has 2 aliphatic rings. The number of H-pyrrole nitrogens is 1. The van der Waals surface area contributed by atoms with Crippen LogP contribution >= 0.6 is 11.6 Å². The quantitative estimate of drug-likeness (QED) is 0.485. The van der Waals surface area contributed by atoms with Gasteiger partial charge in [-0.25, -0.2) is 0 Å². The van der Waals surface area contributed by atoms with Gasteiger partial charge in [0.15, 0.2) is 6.29 Å². The van der Waals surface area contributed by atoms with Gasteiger partial charge in [0.05, 0.1) is 5.56 Å². The second-order valence-corrected chi connectivity index (χ2v) is 9.06. The fourth-order valence-electron chi connectivity index (χ4n) is 4.79. The highest BCUT2D eigenvalue weighted by Gasteiger charge is 2.28. The molecule has 2 aromatic rings. The molecular formula is C25H31ClN4O2. The largest absolute Gasteiger partial charge is 0.388 e. The van der Waals surface area contributed by atoms with Crippen LogP contribution in [0.5, 0.6) is 0 Å². The fraction of sp³-hybridized carbons (Fsp3) is 0.440. The Hall–Kier alpha value is -2.57. The van der Waals surface area contributed by atoms with Crippen LogP contribution in [0.2, 0.25) is 5.02 Å². The zero-order valence-corrected chi connectivity index (χ0v) is 19.6. The van der Waals surface area contributed by atoms with Crippen molar-refractivity contribution >= 4 is 41.1 Å². The molecule has 0 spiro atoms. The van der Waals surface area contributed by atoms with Gasteiger partial charge in [0, 0.05) is 59.9 Å². The molecule has 2 N–H and O–H groups in total. The van der Waals surface area contributed by atoms with Gasteiger partial charge < -0.3 is 20.1 Å². The van der Waals surface area contributed by atoms with Crippen LogP contribution < -0.4 is 5.32 Å². The number of nitrogens with zero attached hydrogens (tertiary/aromatic N) is 2. The smallest absolute Gasteiger partial charge is 0.256 e.